The molecule has 1 rings (SSSR count). The highest BCUT2D eigenvalue weighted by molar-refractivity contribution is 6.32. The summed E-state index contributed by atoms with van der Waals surface area (Å²) in [4.78, 5) is 25.8. The first-order valence-corrected chi connectivity index (χ1v) is 7.34. The SMILES string of the molecule is COCCNC(=O)c1cc(NC(=O)C(C)Cl)ccc1N(C)C. The van der Waals surface area contributed by atoms with Crippen molar-refractivity contribution >= 4 is 34.8 Å². The van der Waals surface area contributed by atoms with Crippen LogP contribution in [-0.4, -0.2) is 51.5 Å². The Morgan fingerprint density at radius 3 is 2.59 bits per heavy atom. The summed E-state index contributed by atoms with van der Waals surface area (Å²) in [5.41, 5.74) is 1.76. The number of rotatable bonds is 7. The monoisotopic (exact) mass is 327 g/mol. The number of nitrogens with zero attached hydrogens (tertiary/aromatic N) is 1. The molecule has 0 radical (unpaired) electrons. The maximum Gasteiger partial charge on any atom is 0.253 e. The Kier molecular flexibility index (Phi) is 7.14. The first-order valence-electron chi connectivity index (χ1n) is 6.90. The summed E-state index contributed by atoms with van der Waals surface area (Å²) in [6, 6.07) is 5.15. The van der Waals surface area contributed by atoms with Crippen LogP contribution >= 0.6 is 11.6 Å². The van der Waals surface area contributed by atoms with Crippen LogP contribution in [0.2, 0.25) is 0 Å². The van der Waals surface area contributed by atoms with Gasteiger partial charge in [-0.05, 0) is 25.1 Å². The van der Waals surface area contributed by atoms with Crippen molar-refractivity contribution in [1.29, 1.82) is 0 Å². The third-order valence-electron chi connectivity index (χ3n) is 2.94. The molecule has 0 bridgehead atoms. The molecule has 0 fully saturated rings. The summed E-state index contributed by atoms with van der Waals surface area (Å²) < 4.78 is 4.91. The third kappa shape index (κ3) is 5.20. The van der Waals surface area contributed by atoms with Crippen molar-refractivity contribution in [3.63, 3.8) is 0 Å². The van der Waals surface area contributed by atoms with E-state index in [0.717, 1.165) is 5.69 Å². The van der Waals surface area contributed by atoms with E-state index in [9.17, 15) is 9.59 Å². The molecule has 22 heavy (non-hydrogen) atoms. The van der Waals surface area contributed by atoms with Crippen molar-refractivity contribution in [2.45, 2.75) is 12.3 Å². The molecule has 0 spiro atoms. The van der Waals surface area contributed by atoms with E-state index in [1.54, 1.807) is 32.2 Å². The molecule has 2 amide bonds. The van der Waals surface area contributed by atoms with Gasteiger partial charge in [0, 0.05) is 39.1 Å². The summed E-state index contributed by atoms with van der Waals surface area (Å²) >= 11 is 5.73. The van der Waals surface area contributed by atoms with Gasteiger partial charge in [0.2, 0.25) is 5.91 Å². The van der Waals surface area contributed by atoms with Crippen LogP contribution < -0.4 is 15.5 Å². The van der Waals surface area contributed by atoms with Gasteiger partial charge in [-0.15, -0.1) is 11.6 Å². The van der Waals surface area contributed by atoms with E-state index in [-0.39, 0.29) is 11.8 Å². The number of alkyl halides is 1. The molecule has 1 aromatic rings. The van der Waals surface area contributed by atoms with Crippen LogP contribution in [0.5, 0.6) is 0 Å². The number of amides is 2. The molecule has 0 saturated carbocycles. The van der Waals surface area contributed by atoms with Gasteiger partial charge >= 0.3 is 0 Å². The predicted octanol–water partition coefficient (Wildman–Crippen LogP) is 1.69. The van der Waals surface area contributed by atoms with Crippen molar-refractivity contribution in [3.05, 3.63) is 23.8 Å². The first kappa shape index (κ1) is 18.3. The molecule has 0 aliphatic heterocycles. The zero-order chi connectivity index (χ0) is 16.7. The molecule has 2 N–H and O–H groups in total. The highest BCUT2D eigenvalue weighted by atomic mass is 35.5. The van der Waals surface area contributed by atoms with Gasteiger partial charge in [-0.1, -0.05) is 0 Å². The van der Waals surface area contributed by atoms with Gasteiger partial charge in [0.05, 0.1) is 12.2 Å². The Hall–Kier alpha value is -1.79. The lowest BCUT2D eigenvalue weighted by molar-refractivity contribution is -0.115. The fourth-order valence-corrected chi connectivity index (χ4v) is 1.84. The molecule has 0 aromatic heterocycles. The summed E-state index contributed by atoms with van der Waals surface area (Å²) in [6.45, 7) is 2.43. The Balaban J connectivity index is 2.99. The number of anilines is 2. The van der Waals surface area contributed by atoms with Crippen LogP contribution in [-0.2, 0) is 9.53 Å². The molecule has 6 nitrogen and oxygen atoms in total. The normalized spacial score (nSPS) is 11.7. The fraction of sp³-hybridized carbons (Fsp3) is 0.467. The molecule has 0 saturated heterocycles. The number of halogens is 1. The van der Waals surface area contributed by atoms with Gasteiger partial charge in [0.25, 0.3) is 5.91 Å². The van der Waals surface area contributed by atoms with Crippen molar-refractivity contribution in [2.75, 3.05) is 44.6 Å². The summed E-state index contributed by atoms with van der Waals surface area (Å²) in [7, 11) is 5.27. The standard InChI is InChI=1S/C15H22ClN3O3/c1-10(16)14(20)18-11-5-6-13(19(2)3)12(9-11)15(21)17-7-8-22-4/h5-6,9-10H,7-8H2,1-4H3,(H,17,21)(H,18,20). The van der Waals surface area contributed by atoms with Gasteiger partial charge in [-0.3, -0.25) is 9.59 Å². The Morgan fingerprint density at radius 2 is 2.05 bits per heavy atom. The largest absolute Gasteiger partial charge is 0.383 e. The molecule has 1 aromatic carbocycles. The quantitative estimate of drug-likeness (QED) is 0.590. The van der Waals surface area contributed by atoms with Gasteiger partial charge < -0.3 is 20.3 Å². The van der Waals surface area contributed by atoms with Crippen molar-refractivity contribution < 1.29 is 14.3 Å². The lowest BCUT2D eigenvalue weighted by Crippen LogP contribution is -2.29. The van der Waals surface area contributed by atoms with E-state index in [4.69, 9.17) is 16.3 Å². The van der Waals surface area contributed by atoms with E-state index in [2.05, 4.69) is 10.6 Å². The zero-order valence-electron chi connectivity index (χ0n) is 13.3. The summed E-state index contributed by atoms with van der Waals surface area (Å²) in [5.74, 6) is -0.541. The maximum atomic E-state index is 12.3. The molecule has 0 heterocycles. The first-order chi connectivity index (χ1) is 10.4. The molecule has 0 aliphatic carbocycles. The minimum absolute atomic E-state index is 0.226. The summed E-state index contributed by atoms with van der Waals surface area (Å²) in [6.07, 6.45) is 0. The molecule has 0 aliphatic rings. The smallest absolute Gasteiger partial charge is 0.253 e. The molecule has 1 unspecified atom stereocenters. The number of ether oxygens (including phenoxy) is 1. The van der Waals surface area contributed by atoms with Crippen molar-refractivity contribution in [3.8, 4) is 0 Å². The van der Waals surface area contributed by atoms with Gasteiger partial charge in [0.1, 0.15) is 5.38 Å². The van der Waals surface area contributed by atoms with Crippen LogP contribution in [0.1, 0.15) is 17.3 Å². The number of carbonyl (C=O) groups excluding carboxylic acids is 2. The number of methoxy groups -OCH3 is 1. The molecule has 7 heteroatoms. The van der Waals surface area contributed by atoms with Gasteiger partial charge in [0.15, 0.2) is 0 Å². The van der Waals surface area contributed by atoms with Crippen LogP contribution in [0.3, 0.4) is 0 Å². The van der Waals surface area contributed by atoms with E-state index in [0.29, 0.717) is 24.4 Å². The van der Waals surface area contributed by atoms with Crippen LogP contribution in [0.4, 0.5) is 11.4 Å². The van der Waals surface area contributed by atoms with E-state index < -0.39 is 5.38 Å². The second-order valence-electron chi connectivity index (χ2n) is 4.98. The average molecular weight is 328 g/mol. The number of hydrogen-bond acceptors (Lipinski definition) is 4. The number of nitrogens with one attached hydrogen (secondary N) is 2. The van der Waals surface area contributed by atoms with E-state index in [1.807, 2.05) is 19.0 Å². The van der Waals surface area contributed by atoms with E-state index in [1.165, 1.54) is 0 Å². The lowest BCUT2D eigenvalue weighted by atomic mass is 10.1. The minimum atomic E-state index is -0.646. The van der Waals surface area contributed by atoms with E-state index >= 15 is 0 Å². The molecule has 1 atom stereocenters. The zero-order valence-corrected chi connectivity index (χ0v) is 14.0. The highest BCUT2D eigenvalue weighted by Crippen LogP contribution is 2.23. The maximum absolute atomic E-state index is 12.3. The third-order valence-corrected chi connectivity index (χ3v) is 3.14. The Bertz CT molecular complexity index is 533. The lowest BCUT2D eigenvalue weighted by Gasteiger charge is -2.18. The second kappa shape index (κ2) is 8.60. The topological polar surface area (TPSA) is 70.7 Å². The summed E-state index contributed by atoms with van der Waals surface area (Å²) in [5, 5.41) is 4.80. The molecule has 122 valence electrons. The Labute approximate surface area is 135 Å². The van der Waals surface area contributed by atoms with Crippen LogP contribution in [0, 0.1) is 0 Å². The molecular formula is C15H22ClN3O3. The predicted molar refractivity (Wildman–Crippen MR) is 88.9 cm³/mol. The van der Waals surface area contributed by atoms with Crippen LogP contribution in [0.15, 0.2) is 18.2 Å². The Morgan fingerprint density at radius 1 is 1.36 bits per heavy atom. The van der Waals surface area contributed by atoms with Crippen molar-refractivity contribution in [2.24, 2.45) is 0 Å². The highest BCUT2D eigenvalue weighted by Gasteiger charge is 2.15. The average Bonchev–Trinajstić information content (AvgIpc) is 2.46. The molecular weight excluding hydrogens is 306 g/mol. The number of carbonyl (C=O) groups is 2. The van der Waals surface area contributed by atoms with Gasteiger partial charge in [-0.2, -0.15) is 0 Å². The fourth-order valence-electron chi connectivity index (χ4n) is 1.79. The van der Waals surface area contributed by atoms with Crippen LogP contribution in [0.25, 0.3) is 0 Å². The van der Waals surface area contributed by atoms with Gasteiger partial charge in [-0.25, -0.2) is 0 Å². The number of benzene rings is 1. The number of hydrogen-bond donors (Lipinski definition) is 2. The minimum Gasteiger partial charge on any atom is -0.383 e. The van der Waals surface area contributed by atoms with Crippen molar-refractivity contribution in [1.82, 2.24) is 5.32 Å². The second-order valence-corrected chi connectivity index (χ2v) is 5.63.